The zero-order valence-electron chi connectivity index (χ0n) is 9.45. The lowest BCUT2D eigenvalue weighted by molar-refractivity contribution is 0.103. The summed E-state index contributed by atoms with van der Waals surface area (Å²) in [7, 11) is 0. The molecule has 0 spiro atoms. The summed E-state index contributed by atoms with van der Waals surface area (Å²) >= 11 is 4.79. The maximum atomic E-state index is 11.9. The molecule has 17 heavy (non-hydrogen) atoms. The Morgan fingerprint density at radius 2 is 2.18 bits per heavy atom. The number of amides is 1. The number of benzene rings is 1. The van der Waals surface area contributed by atoms with Gasteiger partial charge in [-0.05, 0) is 47.0 Å². The molecule has 88 valence electrons. The van der Waals surface area contributed by atoms with E-state index in [0.717, 1.165) is 21.3 Å². The van der Waals surface area contributed by atoms with Gasteiger partial charge in [0.05, 0.1) is 17.4 Å². The first-order chi connectivity index (χ1) is 8.08. The number of nitrogens with one attached hydrogen (secondary N) is 1. The Morgan fingerprint density at radius 3 is 2.76 bits per heavy atom. The molecule has 3 nitrogen and oxygen atoms in total. The van der Waals surface area contributed by atoms with E-state index in [9.17, 15) is 4.79 Å². The minimum absolute atomic E-state index is 0.125. The molecule has 1 N–H and O–H groups in total. The van der Waals surface area contributed by atoms with Crippen LogP contribution in [0, 0.1) is 13.8 Å². The molecule has 0 saturated heterocycles. The van der Waals surface area contributed by atoms with E-state index in [1.165, 1.54) is 11.3 Å². The highest BCUT2D eigenvalue weighted by Crippen LogP contribution is 2.28. The lowest BCUT2D eigenvalue weighted by atomic mass is 10.1. The Labute approximate surface area is 112 Å². The summed E-state index contributed by atoms with van der Waals surface area (Å²) in [4.78, 5) is 16.4. The fraction of sp³-hybridized carbons (Fsp3) is 0.167. The molecule has 0 saturated carbocycles. The molecule has 0 radical (unpaired) electrons. The molecule has 5 heteroatoms. The molecule has 2 aromatic rings. The summed E-state index contributed by atoms with van der Waals surface area (Å²) in [6, 6.07) is 4.02. The SMILES string of the molecule is Cc1cc(C)c(NC(=O)c2cncs2)c(Br)c1. The molecular formula is C12H11BrN2OS. The van der Waals surface area contributed by atoms with Gasteiger partial charge in [-0.15, -0.1) is 11.3 Å². The van der Waals surface area contributed by atoms with Crippen molar-refractivity contribution in [3.8, 4) is 0 Å². The van der Waals surface area contributed by atoms with E-state index >= 15 is 0 Å². The van der Waals surface area contributed by atoms with E-state index in [2.05, 4.69) is 26.2 Å². The average Bonchev–Trinajstić information content (AvgIpc) is 2.76. The van der Waals surface area contributed by atoms with Crippen LogP contribution in [0.1, 0.15) is 20.8 Å². The molecule has 0 aliphatic carbocycles. The summed E-state index contributed by atoms with van der Waals surface area (Å²) in [6.45, 7) is 3.99. The van der Waals surface area contributed by atoms with Crippen LogP contribution in [0.3, 0.4) is 0 Å². The van der Waals surface area contributed by atoms with E-state index in [1.807, 2.05) is 26.0 Å². The molecule has 2 rings (SSSR count). The Kier molecular flexibility index (Phi) is 3.59. The first kappa shape index (κ1) is 12.3. The van der Waals surface area contributed by atoms with Crippen molar-refractivity contribution in [1.82, 2.24) is 4.98 Å². The molecule has 0 fully saturated rings. The second-order valence-corrected chi connectivity index (χ2v) is 5.50. The topological polar surface area (TPSA) is 42.0 Å². The molecule has 1 heterocycles. The van der Waals surface area contributed by atoms with Crippen LogP contribution in [0.15, 0.2) is 28.3 Å². The highest BCUT2D eigenvalue weighted by Gasteiger charge is 2.11. The van der Waals surface area contributed by atoms with Crippen molar-refractivity contribution in [1.29, 1.82) is 0 Å². The van der Waals surface area contributed by atoms with Crippen molar-refractivity contribution < 1.29 is 4.79 Å². The van der Waals surface area contributed by atoms with E-state index < -0.39 is 0 Å². The van der Waals surface area contributed by atoms with Crippen LogP contribution < -0.4 is 5.32 Å². The lowest BCUT2D eigenvalue weighted by Crippen LogP contribution is -2.11. The molecular weight excluding hydrogens is 300 g/mol. The summed E-state index contributed by atoms with van der Waals surface area (Å²) in [5, 5.41) is 2.89. The molecule has 0 aliphatic rings. The average molecular weight is 311 g/mol. The Morgan fingerprint density at radius 1 is 1.41 bits per heavy atom. The third kappa shape index (κ3) is 2.73. The van der Waals surface area contributed by atoms with Crippen molar-refractivity contribution in [2.45, 2.75) is 13.8 Å². The zero-order valence-corrected chi connectivity index (χ0v) is 11.9. The van der Waals surface area contributed by atoms with Gasteiger partial charge in [0.15, 0.2) is 0 Å². The van der Waals surface area contributed by atoms with Gasteiger partial charge < -0.3 is 5.32 Å². The van der Waals surface area contributed by atoms with Crippen LogP contribution in [0.2, 0.25) is 0 Å². The van der Waals surface area contributed by atoms with E-state index in [-0.39, 0.29) is 5.91 Å². The first-order valence-corrected chi connectivity index (χ1v) is 6.72. The third-order valence-electron chi connectivity index (χ3n) is 2.33. The number of anilines is 1. The van der Waals surface area contributed by atoms with E-state index in [1.54, 1.807) is 11.7 Å². The van der Waals surface area contributed by atoms with Gasteiger partial charge >= 0.3 is 0 Å². The second-order valence-electron chi connectivity index (χ2n) is 3.76. The normalized spacial score (nSPS) is 10.3. The standard InChI is InChI=1S/C12H11BrN2OS/c1-7-3-8(2)11(9(13)4-7)15-12(16)10-5-14-6-17-10/h3-6H,1-2H3,(H,15,16). The van der Waals surface area contributed by atoms with Gasteiger partial charge in [-0.2, -0.15) is 0 Å². The van der Waals surface area contributed by atoms with Crippen LogP contribution in [-0.4, -0.2) is 10.9 Å². The van der Waals surface area contributed by atoms with Crippen molar-refractivity contribution in [2.75, 3.05) is 5.32 Å². The van der Waals surface area contributed by atoms with E-state index in [0.29, 0.717) is 4.88 Å². The number of carbonyl (C=O) groups excluding carboxylic acids is 1. The Hall–Kier alpha value is -1.20. The molecule has 0 atom stereocenters. The smallest absolute Gasteiger partial charge is 0.267 e. The molecule has 1 amide bonds. The van der Waals surface area contributed by atoms with Crippen molar-refractivity contribution in [3.63, 3.8) is 0 Å². The number of aromatic nitrogens is 1. The molecule has 1 aromatic heterocycles. The minimum atomic E-state index is -0.125. The first-order valence-electron chi connectivity index (χ1n) is 5.04. The van der Waals surface area contributed by atoms with E-state index in [4.69, 9.17) is 0 Å². The van der Waals surface area contributed by atoms with Crippen molar-refractivity contribution in [2.24, 2.45) is 0 Å². The maximum absolute atomic E-state index is 11.9. The molecule has 1 aromatic carbocycles. The van der Waals surface area contributed by atoms with Crippen LogP contribution in [-0.2, 0) is 0 Å². The van der Waals surface area contributed by atoms with Gasteiger partial charge in [-0.1, -0.05) is 6.07 Å². The zero-order chi connectivity index (χ0) is 12.4. The van der Waals surface area contributed by atoms with Crippen LogP contribution >= 0.6 is 27.3 Å². The number of nitrogens with zero attached hydrogens (tertiary/aromatic N) is 1. The largest absolute Gasteiger partial charge is 0.320 e. The lowest BCUT2D eigenvalue weighted by Gasteiger charge is -2.10. The summed E-state index contributed by atoms with van der Waals surface area (Å²) in [5.41, 5.74) is 4.65. The van der Waals surface area contributed by atoms with Crippen molar-refractivity contribution >= 4 is 38.9 Å². The van der Waals surface area contributed by atoms with Gasteiger partial charge in [-0.25, -0.2) is 0 Å². The van der Waals surface area contributed by atoms with Crippen LogP contribution in [0.4, 0.5) is 5.69 Å². The number of carbonyl (C=O) groups is 1. The monoisotopic (exact) mass is 310 g/mol. The quantitative estimate of drug-likeness (QED) is 0.917. The predicted octanol–water partition coefficient (Wildman–Crippen LogP) is 3.77. The second kappa shape index (κ2) is 4.98. The van der Waals surface area contributed by atoms with Crippen molar-refractivity contribution in [3.05, 3.63) is 44.3 Å². The highest BCUT2D eigenvalue weighted by molar-refractivity contribution is 9.10. The number of hydrogen-bond acceptors (Lipinski definition) is 3. The van der Waals surface area contributed by atoms with Gasteiger partial charge in [0, 0.05) is 4.47 Å². The number of halogens is 1. The molecule has 0 unspecified atom stereocenters. The fourth-order valence-electron chi connectivity index (χ4n) is 1.58. The summed E-state index contributed by atoms with van der Waals surface area (Å²) < 4.78 is 0.896. The number of thiazole rings is 1. The maximum Gasteiger partial charge on any atom is 0.267 e. The van der Waals surface area contributed by atoms with Gasteiger partial charge in [0.1, 0.15) is 4.88 Å². The Bertz CT molecular complexity index is 529. The Balaban J connectivity index is 2.28. The van der Waals surface area contributed by atoms with Gasteiger partial charge in [0.2, 0.25) is 0 Å². The highest BCUT2D eigenvalue weighted by atomic mass is 79.9. The molecule has 0 aliphatic heterocycles. The number of aryl methyl sites for hydroxylation is 2. The van der Waals surface area contributed by atoms with Crippen LogP contribution in [0.5, 0.6) is 0 Å². The van der Waals surface area contributed by atoms with Gasteiger partial charge in [-0.3, -0.25) is 9.78 Å². The number of hydrogen-bond donors (Lipinski definition) is 1. The predicted molar refractivity (Wildman–Crippen MR) is 73.7 cm³/mol. The third-order valence-corrected chi connectivity index (χ3v) is 3.72. The number of rotatable bonds is 2. The minimum Gasteiger partial charge on any atom is -0.320 e. The van der Waals surface area contributed by atoms with Crippen LogP contribution in [0.25, 0.3) is 0 Å². The summed E-state index contributed by atoms with van der Waals surface area (Å²) in [5.74, 6) is -0.125. The summed E-state index contributed by atoms with van der Waals surface area (Å²) in [6.07, 6.45) is 1.57. The fourth-order valence-corrected chi connectivity index (χ4v) is 2.87. The molecule has 0 bridgehead atoms. The van der Waals surface area contributed by atoms with Gasteiger partial charge in [0.25, 0.3) is 5.91 Å².